The Bertz CT molecular complexity index is 882. The molecule has 4 nitrogen and oxygen atoms in total. The Kier molecular flexibility index (Phi) is 5.94. The molecule has 0 spiro atoms. The van der Waals surface area contributed by atoms with Gasteiger partial charge in [0.2, 0.25) is 5.60 Å². The number of esters is 1. The van der Waals surface area contributed by atoms with Crippen molar-refractivity contribution in [2.45, 2.75) is 37.9 Å². The summed E-state index contributed by atoms with van der Waals surface area (Å²) in [5, 5.41) is 11.7. The molecule has 1 N–H and O–H groups in total. The SMILES string of the molecule is CCC#CC[N+]12CCC(CC1)C(OC(=O)C(O)(c1ccccc1)c1ccccc1)C2. The lowest BCUT2D eigenvalue weighted by Gasteiger charge is -2.51. The maximum absolute atomic E-state index is 13.5. The number of rotatable bonds is 5. The predicted octanol–water partition coefficient (Wildman–Crippen LogP) is 3.49. The molecular weight excluding hydrogens is 374 g/mol. The number of carbonyl (C=O) groups excluding carboxylic acids is 1. The molecule has 3 saturated heterocycles. The molecule has 1 atom stereocenters. The molecule has 4 heteroatoms. The van der Waals surface area contributed by atoms with Crippen LogP contribution in [0.1, 0.15) is 37.3 Å². The topological polar surface area (TPSA) is 46.5 Å². The summed E-state index contributed by atoms with van der Waals surface area (Å²) >= 11 is 0. The Morgan fingerprint density at radius 2 is 1.60 bits per heavy atom. The van der Waals surface area contributed by atoms with Crippen LogP contribution in [0.25, 0.3) is 0 Å². The van der Waals surface area contributed by atoms with Gasteiger partial charge in [-0.05, 0) is 17.0 Å². The molecule has 0 radical (unpaired) electrons. The summed E-state index contributed by atoms with van der Waals surface area (Å²) in [4.78, 5) is 13.5. The molecule has 3 heterocycles. The molecule has 30 heavy (non-hydrogen) atoms. The van der Waals surface area contributed by atoms with Crippen LogP contribution in [0.4, 0.5) is 0 Å². The van der Waals surface area contributed by atoms with Gasteiger partial charge in [-0.1, -0.05) is 73.5 Å². The maximum Gasteiger partial charge on any atom is 0.348 e. The Hall–Kier alpha value is -2.61. The molecule has 3 aliphatic heterocycles. The third-order valence-corrected chi connectivity index (χ3v) is 6.69. The van der Waals surface area contributed by atoms with Crippen LogP contribution >= 0.6 is 0 Å². The number of nitrogens with zero attached hydrogens (tertiary/aromatic N) is 1. The maximum atomic E-state index is 13.5. The zero-order chi connectivity index (χ0) is 21.0. The van der Waals surface area contributed by atoms with Crippen LogP contribution in [0.15, 0.2) is 60.7 Å². The highest BCUT2D eigenvalue weighted by molar-refractivity contribution is 5.85. The van der Waals surface area contributed by atoms with Gasteiger partial charge in [0.1, 0.15) is 13.1 Å². The summed E-state index contributed by atoms with van der Waals surface area (Å²) in [7, 11) is 0. The van der Waals surface area contributed by atoms with Crippen LogP contribution in [0, 0.1) is 17.8 Å². The van der Waals surface area contributed by atoms with Crippen molar-refractivity contribution in [2.75, 3.05) is 26.2 Å². The number of fused-ring (bicyclic) bond motifs is 3. The number of hydrogen-bond donors (Lipinski definition) is 1. The first-order chi connectivity index (χ1) is 14.6. The third-order valence-electron chi connectivity index (χ3n) is 6.69. The largest absolute Gasteiger partial charge is 0.453 e. The van der Waals surface area contributed by atoms with E-state index >= 15 is 0 Å². The van der Waals surface area contributed by atoms with Crippen LogP contribution in [-0.2, 0) is 15.1 Å². The van der Waals surface area contributed by atoms with E-state index in [1.807, 2.05) is 36.4 Å². The Labute approximate surface area is 179 Å². The predicted molar refractivity (Wildman–Crippen MR) is 116 cm³/mol. The molecule has 2 bridgehead atoms. The Morgan fingerprint density at radius 1 is 1.03 bits per heavy atom. The Balaban J connectivity index is 1.59. The number of quaternary nitrogens is 1. The molecule has 2 aromatic rings. The molecule has 156 valence electrons. The number of piperidine rings is 3. The van der Waals surface area contributed by atoms with Gasteiger partial charge in [0.05, 0.1) is 13.1 Å². The van der Waals surface area contributed by atoms with Gasteiger partial charge in [-0.25, -0.2) is 4.79 Å². The molecule has 3 aliphatic rings. The minimum atomic E-state index is -1.82. The smallest absolute Gasteiger partial charge is 0.348 e. The zero-order valence-corrected chi connectivity index (χ0v) is 17.6. The second kappa shape index (κ2) is 8.63. The van der Waals surface area contributed by atoms with Gasteiger partial charge in [-0.3, -0.25) is 0 Å². The van der Waals surface area contributed by atoms with Gasteiger partial charge in [0, 0.05) is 25.2 Å². The second-order valence-corrected chi connectivity index (χ2v) is 8.56. The average molecular weight is 405 g/mol. The van der Waals surface area contributed by atoms with Gasteiger partial charge in [-0.2, -0.15) is 0 Å². The van der Waals surface area contributed by atoms with Crippen molar-refractivity contribution < 1.29 is 19.1 Å². The minimum absolute atomic E-state index is 0.178. The van der Waals surface area contributed by atoms with Crippen molar-refractivity contribution >= 4 is 5.97 Å². The number of hydrogen-bond acceptors (Lipinski definition) is 3. The summed E-state index contributed by atoms with van der Waals surface area (Å²) in [5.41, 5.74) is -0.762. The number of benzene rings is 2. The molecule has 3 fully saturated rings. The van der Waals surface area contributed by atoms with Gasteiger partial charge < -0.3 is 14.3 Å². The zero-order valence-electron chi connectivity index (χ0n) is 17.6. The van der Waals surface area contributed by atoms with Crippen molar-refractivity contribution in [3.8, 4) is 11.8 Å². The molecule has 0 saturated carbocycles. The summed E-state index contributed by atoms with van der Waals surface area (Å²) in [6.45, 7) is 5.86. The quantitative estimate of drug-likeness (QED) is 0.471. The summed E-state index contributed by atoms with van der Waals surface area (Å²) in [6.07, 6.45) is 2.77. The van der Waals surface area contributed by atoms with Crippen molar-refractivity contribution in [3.05, 3.63) is 71.8 Å². The highest BCUT2D eigenvalue weighted by Gasteiger charge is 2.50. The molecular formula is C26H30NO3+. The van der Waals surface area contributed by atoms with Gasteiger partial charge in [0.25, 0.3) is 0 Å². The first-order valence-electron chi connectivity index (χ1n) is 10.9. The van der Waals surface area contributed by atoms with Crippen LogP contribution in [0.2, 0.25) is 0 Å². The van der Waals surface area contributed by atoms with E-state index in [4.69, 9.17) is 4.74 Å². The molecule has 0 amide bonds. The monoisotopic (exact) mass is 404 g/mol. The molecule has 0 aromatic heterocycles. The van der Waals surface area contributed by atoms with Crippen molar-refractivity contribution in [1.82, 2.24) is 0 Å². The van der Waals surface area contributed by atoms with Gasteiger partial charge in [-0.15, -0.1) is 0 Å². The lowest BCUT2D eigenvalue weighted by Crippen LogP contribution is -2.65. The van der Waals surface area contributed by atoms with Gasteiger partial charge >= 0.3 is 5.97 Å². The summed E-state index contributed by atoms with van der Waals surface area (Å²) in [6, 6.07) is 18.2. The molecule has 1 unspecified atom stereocenters. The first kappa shape index (κ1) is 20.7. The third kappa shape index (κ3) is 3.88. The fraction of sp³-hybridized carbons (Fsp3) is 0.423. The highest BCUT2D eigenvalue weighted by Crippen LogP contribution is 2.38. The lowest BCUT2D eigenvalue weighted by atomic mass is 9.82. The van der Waals surface area contributed by atoms with Crippen LogP contribution in [0.5, 0.6) is 0 Å². The van der Waals surface area contributed by atoms with E-state index in [0.717, 1.165) is 49.9 Å². The normalized spacial score (nSPS) is 25.3. The van der Waals surface area contributed by atoms with E-state index in [9.17, 15) is 9.90 Å². The van der Waals surface area contributed by atoms with Crippen LogP contribution < -0.4 is 0 Å². The second-order valence-electron chi connectivity index (χ2n) is 8.56. The van der Waals surface area contributed by atoms with E-state index in [1.54, 1.807) is 24.3 Å². The number of carbonyl (C=O) groups is 1. The average Bonchev–Trinajstić information content (AvgIpc) is 2.80. The van der Waals surface area contributed by atoms with Crippen molar-refractivity contribution in [2.24, 2.45) is 5.92 Å². The molecule has 0 aliphatic carbocycles. The number of ether oxygens (including phenoxy) is 1. The van der Waals surface area contributed by atoms with Gasteiger partial charge in [0.15, 0.2) is 6.10 Å². The van der Waals surface area contributed by atoms with Crippen LogP contribution in [0.3, 0.4) is 0 Å². The minimum Gasteiger partial charge on any atom is -0.453 e. The van der Waals surface area contributed by atoms with Crippen LogP contribution in [-0.4, -0.2) is 47.8 Å². The first-order valence-corrected chi connectivity index (χ1v) is 10.9. The van der Waals surface area contributed by atoms with E-state index < -0.39 is 11.6 Å². The summed E-state index contributed by atoms with van der Waals surface area (Å²) in [5.74, 6) is 6.27. The standard InChI is InChI=1S/C26H30NO3/c1-2-3-10-17-27-18-15-21(16-19-27)24(20-27)30-25(28)26(29,22-11-6-4-7-12-22)23-13-8-5-9-14-23/h4-9,11-14,21,24,29H,2,15-20H2,1H3/q+1. The van der Waals surface area contributed by atoms with E-state index in [0.29, 0.717) is 17.0 Å². The number of aliphatic hydroxyl groups is 1. The lowest BCUT2D eigenvalue weighted by molar-refractivity contribution is -0.939. The molecule has 5 rings (SSSR count). The fourth-order valence-electron chi connectivity index (χ4n) is 4.91. The summed E-state index contributed by atoms with van der Waals surface area (Å²) < 4.78 is 6.98. The fourth-order valence-corrected chi connectivity index (χ4v) is 4.91. The van der Waals surface area contributed by atoms with Crippen molar-refractivity contribution in [1.29, 1.82) is 0 Å². The highest BCUT2D eigenvalue weighted by atomic mass is 16.6. The van der Waals surface area contributed by atoms with E-state index in [1.165, 1.54) is 0 Å². The van der Waals surface area contributed by atoms with E-state index in [2.05, 4.69) is 18.8 Å². The van der Waals surface area contributed by atoms with E-state index in [-0.39, 0.29) is 6.10 Å². The Morgan fingerprint density at radius 3 is 2.13 bits per heavy atom. The molecule has 2 aromatic carbocycles. The van der Waals surface area contributed by atoms with Crippen molar-refractivity contribution in [3.63, 3.8) is 0 Å².